The third-order valence-corrected chi connectivity index (χ3v) is 8.52. The van der Waals surface area contributed by atoms with Crippen molar-refractivity contribution in [2.45, 2.75) is 83.8 Å². The quantitative estimate of drug-likeness (QED) is 0.714. The van der Waals surface area contributed by atoms with E-state index in [0.29, 0.717) is 23.7 Å². The predicted molar refractivity (Wildman–Crippen MR) is 83.7 cm³/mol. The molecule has 4 fully saturated rings. The zero-order valence-corrected chi connectivity index (χ0v) is 13.7. The number of fused-ring (bicyclic) bond motifs is 5. The number of aliphatic hydroxyl groups is 2. The molecular weight excluding hydrogens is 260 g/mol. The fourth-order valence-corrected chi connectivity index (χ4v) is 7.33. The average Bonchev–Trinajstić information content (AvgIpc) is 2.68. The van der Waals surface area contributed by atoms with Gasteiger partial charge in [0.05, 0.1) is 12.2 Å². The molecule has 120 valence electrons. The van der Waals surface area contributed by atoms with Gasteiger partial charge in [-0.25, -0.2) is 0 Å². The van der Waals surface area contributed by atoms with Crippen LogP contribution in [0.15, 0.2) is 0 Å². The Kier molecular flexibility index (Phi) is 3.25. The SMILES string of the molecule is CC12CCCCC1CCC1C2CCC2(C)C(O)CC(O)C12. The molecule has 21 heavy (non-hydrogen) atoms. The highest BCUT2D eigenvalue weighted by Crippen LogP contribution is 2.66. The lowest BCUT2D eigenvalue weighted by Gasteiger charge is -2.60. The molecular formula is C19H32O2. The van der Waals surface area contributed by atoms with E-state index in [1.54, 1.807) is 0 Å². The summed E-state index contributed by atoms with van der Waals surface area (Å²) in [4.78, 5) is 0. The number of hydrogen-bond donors (Lipinski definition) is 2. The van der Waals surface area contributed by atoms with Crippen LogP contribution in [0.25, 0.3) is 0 Å². The lowest BCUT2D eigenvalue weighted by atomic mass is 9.45. The molecule has 2 heteroatoms. The minimum Gasteiger partial charge on any atom is -0.393 e. The molecule has 0 aromatic heterocycles. The Bertz CT molecular complexity index is 422. The van der Waals surface area contributed by atoms with E-state index in [4.69, 9.17) is 0 Å². The summed E-state index contributed by atoms with van der Waals surface area (Å²) >= 11 is 0. The van der Waals surface area contributed by atoms with E-state index in [1.165, 1.54) is 44.9 Å². The first kappa shape index (κ1) is 14.5. The summed E-state index contributed by atoms with van der Waals surface area (Å²) in [7, 11) is 0. The average molecular weight is 292 g/mol. The molecule has 2 nitrogen and oxygen atoms in total. The van der Waals surface area contributed by atoms with Gasteiger partial charge in [-0.05, 0) is 73.0 Å². The monoisotopic (exact) mass is 292 g/mol. The standard InChI is InChI=1S/C19H32O2/c1-18-9-4-3-5-12(18)6-7-13-14(18)8-10-19(2)16(21)11-15(20)17(13)19/h12-17,20-21H,3-11H2,1-2H3. The van der Waals surface area contributed by atoms with Crippen molar-refractivity contribution in [1.82, 2.24) is 0 Å². The molecule has 2 N–H and O–H groups in total. The Labute approximate surface area is 129 Å². The first-order valence-corrected chi connectivity index (χ1v) is 9.33. The molecule has 4 saturated carbocycles. The van der Waals surface area contributed by atoms with Crippen molar-refractivity contribution in [1.29, 1.82) is 0 Å². The minimum atomic E-state index is -0.282. The molecule has 8 atom stereocenters. The molecule has 4 aliphatic carbocycles. The lowest BCUT2D eigenvalue weighted by molar-refractivity contribution is -0.135. The van der Waals surface area contributed by atoms with E-state index in [2.05, 4.69) is 13.8 Å². The Balaban J connectivity index is 1.67. The molecule has 0 aromatic rings. The normalized spacial score (nSPS) is 60.0. The molecule has 0 aliphatic heterocycles. The Hall–Kier alpha value is -0.0800. The maximum absolute atomic E-state index is 10.6. The van der Waals surface area contributed by atoms with Crippen LogP contribution in [0.2, 0.25) is 0 Å². The van der Waals surface area contributed by atoms with Gasteiger partial charge >= 0.3 is 0 Å². The maximum atomic E-state index is 10.6. The van der Waals surface area contributed by atoms with Crippen LogP contribution < -0.4 is 0 Å². The van der Waals surface area contributed by atoms with Crippen molar-refractivity contribution in [3.05, 3.63) is 0 Å². The highest BCUT2D eigenvalue weighted by atomic mass is 16.3. The van der Waals surface area contributed by atoms with Gasteiger partial charge in [-0.3, -0.25) is 0 Å². The second kappa shape index (κ2) is 4.71. The van der Waals surface area contributed by atoms with E-state index in [9.17, 15) is 10.2 Å². The Morgan fingerprint density at radius 2 is 1.67 bits per heavy atom. The Morgan fingerprint density at radius 3 is 2.48 bits per heavy atom. The van der Waals surface area contributed by atoms with E-state index < -0.39 is 0 Å². The van der Waals surface area contributed by atoms with Crippen molar-refractivity contribution in [2.24, 2.45) is 34.5 Å². The molecule has 0 amide bonds. The molecule has 4 rings (SSSR count). The summed E-state index contributed by atoms with van der Waals surface area (Å²) in [5.74, 6) is 2.75. The van der Waals surface area contributed by atoms with Gasteiger partial charge in [0.1, 0.15) is 0 Å². The molecule has 0 bridgehead atoms. The van der Waals surface area contributed by atoms with Crippen LogP contribution in [0.5, 0.6) is 0 Å². The summed E-state index contributed by atoms with van der Waals surface area (Å²) in [6, 6.07) is 0. The zero-order chi connectivity index (χ0) is 14.8. The van der Waals surface area contributed by atoms with Gasteiger partial charge in [0, 0.05) is 6.42 Å². The topological polar surface area (TPSA) is 40.5 Å². The van der Waals surface area contributed by atoms with Crippen molar-refractivity contribution < 1.29 is 10.2 Å². The number of hydrogen-bond acceptors (Lipinski definition) is 2. The van der Waals surface area contributed by atoms with E-state index in [0.717, 1.165) is 18.3 Å². The highest BCUT2D eigenvalue weighted by molar-refractivity contribution is 5.11. The summed E-state index contributed by atoms with van der Waals surface area (Å²) in [6.07, 6.45) is 10.8. The van der Waals surface area contributed by atoms with E-state index in [-0.39, 0.29) is 17.6 Å². The molecule has 0 heterocycles. The third kappa shape index (κ3) is 1.84. The van der Waals surface area contributed by atoms with Gasteiger partial charge in [0.25, 0.3) is 0 Å². The molecule has 8 unspecified atom stereocenters. The minimum absolute atomic E-state index is 0.0154. The van der Waals surface area contributed by atoms with Crippen LogP contribution in [-0.4, -0.2) is 22.4 Å². The summed E-state index contributed by atoms with van der Waals surface area (Å²) in [6.45, 7) is 4.82. The molecule has 4 aliphatic rings. The third-order valence-electron chi connectivity index (χ3n) is 8.52. The van der Waals surface area contributed by atoms with Gasteiger partial charge < -0.3 is 10.2 Å². The fraction of sp³-hybridized carbons (Fsp3) is 1.00. The highest BCUT2D eigenvalue weighted by Gasteiger charge is 2.62. The molecule has 0 radical (unpaired) electrons. The summed E-state index contributed by atoms with van der Waals surface area (Å²) in [5, 5.41) is 21.1. The number of rotatable bonds is 0. The second-order valence-corrected chi connectivity index (χ2v) is 9.19. The molecule has 0 spiro atoms. The van der Waals surface area contributed by atoms with E-state index in [1.807, 2.05) is 0 Å². The van der Waals surface area contributed by atoms with Crippen LogP contribution in [0, 0.1) is 34.5 Å². The lowest BCUT2D eigenvalue weighted by Crippen LogP contribution is -2.54. The largest absolute Gasteiger partial charge is 0.393 e. The van der Waals surface area contributed by atoms with Crippen molar-refractivity contribution in [3.63, 3.8) is 0 Å². The first-order valence-electron chi connectivity index (χ1n) is 9.33. The molecule has 0 aromatic carbocycles. The van der Waals surface area contributed by atoms with Crippen LogP contribution in [-0.2, 0) is 0 Å². The van der Waals surface area contributed by atoms with Gasteiger partial charge in [-0.15, -0.1) is 0 Å². The van der Waals surface area contributed by atoms with Crippen LogP contribution in [0.3, 0.4) is 0 Å². The zero-order valence-electron chi connectivity index (χ0n) is 13.7. The van der Waals surface area contributed by atoms with E-state index >= 15 is 0 Å². The van der Waals surface area contributed by atoms with Gasteiger partial charge in [0.2, 0.25) is 0 Å². The Morgan fingerprint density at radius 1 is 0.857 bits per heavy atom. The first-order chi connectivity index (χ1) is 9.97. The smallest absolute Gasteiger partial charge is 0.0622 e. The van der Waals surface area contributed by atoms with Gasteiger partial charge in [-0.2, -0.15) is 0 Å². The van der Waals surface area contributed by atoms with Crippen molar-refractivity contribution >= 4 is 0 Å². The maximum Gasteiger partial charge on any atom is 0.0622 e. The van der Waals surface area contributed by atoms with Gasteiger partial charge in [0.15, 0.2) is 0 Å². The van der Waals surface area contributed by atoms with Crippen LogP contribution in [0.4, 0.5) is 0 Å². The fourth-order valence-electron chi connectivity index (χ4n) is 7.33. The van der Waals surface area contributed by atoms with Gasteiger partial charge in [-0.1, -0.05) is 26.7 Å². The predicted octanol–water partition coefficient (Wildman–Crippen LogP) is 3.75. The van der Waals surface area contributed by atoms with Crippen molar-refractivity contribution in [2.75, 3.05) is 0 Å². The molecule has 0 saturated heterocycles. The van der Waals surface area contributed by atoms with Crippen molar-refractivity contribution in [3.8, 4) is 0 Å². The number of aliphatic hydroxyl groups excluding tert-OH is 2. The van der Waals surface area contributed by atoms with Crippen LogP contribution >= 0.6 is 0 Å². The van der Waals surface area contributed by atoms with Crippen LogP contribution in [0.1, 0.15) is 71.6 Å². The summed E-state index contributed by atoms with van der Waals surface area (Å²) < 4.78 is 0. The second-order valence-electron chi connectivity index (χ2n) is 9.19. The summed E-state index contributed by atoms with van der Waals surface area (Å²) in [5.41, 5.74) is 0.508.